The van der Waals surface area contributed by atoms with Crippen LogP contribution in [-0.4, -0.2) is 57.8 Å². The highest BCUT2D eigenvalue weighted by Crippen LogP contribution is 2.31. The van der Waals surface area contributed by atoms with E-state index in [1.54, 1.807) is 9.80 Å². The van der Waals surface area contributed by atoms with Gasteiger partial charge in [0.05, 0.1) is 12.1 Å². The van der Waals surface area contributed by atoms with Crippen LogP contribution in [0.3, 0.4) is 0 Å². The summed E-state index contributed by atoms with van der Waals surface area (Å²) in [6, 6.07) is 0. The van der Waals surface area contributed by atoms with Crippen LogP contribution in [0.15, 0.2) is 6.20 Å². The van der Waals surface area contributed by atoms with E-state index in [2.05, 4.69) is 9.97 Å². The molecular formula is C15H19F3N4O2. The lowest BCUT2D eigenvalue weighted by Gasteiger charge is -2.42. The van der Waals surface area contributed by atoms with Crippen LogP contribution in [0.4, 0.5) is 13.2 Å². The van der Waals surface area contributed by atoms with Gasteiger partial charge in [-0.1, -0.05) is 0 Å². The molecule has 2 aliphatic rings. The Morgan fingerprint density at radius 1 is 1.25 bits per heavy atom. The third-order valence-electron chi connectivity index (χ3n) is 4.70. The van der Waals surface area contributed by atoms with Crippen LogP contribution >= 0.6 is 0 Å². The van der Waals surface area contributed by atoms with Crippen molar-refractivity contribution in [3.05, 3.63) is 17.7 Å². The Morgan fingerprint density at radius 2 is 1.96 bits per heavy atom. The number of rotatable bonds is 2. The maximum atomic E-state index is 12.7. The molecule has 0 aliphatic carbocycles. The minimum atomic E-state index is -4.45. The van der Waals surface area contributed by atoms with Gasteiger partial charge in [0, 0.05) is 39.0 Å². The molecule has 0 aromatic carbocycles. The summed E-state index contributed by atoms with van der Waals surface area (Å²) < 4.78 is 38.0. The molecule has 3 rings (SSSR count). The monoisotopic (exact) mass is 344 g/mol. The lowest BCUT2D eigenvalue weighted by atomic mass is 9.93. The highest BCUT2D eigenvalue weighted by Gasteiger charge is 2.39. The molecule has 0 saturated carbocycles. The van der Waals surface area contributed by atoms with Gasteiger partial charge in [-0.05, 0) is 12.8 Å². The molecule has 0 bridgehead atoms. The minimum absolute atomic E-state index is 0.0280. The first kappa shape index (κ1) is 16.8. The summed E-state index contributed by atoms with van der Waals surface area (Å²) in [5.74, 6) is -0.220. The van der Waals surface area contributed by atoms with Gasteiger partial charge in [-0.3, -0.25) is 9.59 Å². The fraction of sp³-hybridized carbons (Fsp3) is 0.667. The average molecular weight is 344 g/mol. The second-order valence-electron chi connectivity index (χ2n) is 6.42. The van der Waals surface area contributed by atoms with Crippen LogP contribution in [0.2, 0.25) is 0 Å². The van der Waals surface area contributed by atoms with Gasteiger partial charge in [-0.25, -0.2) is 4.98 Å². The van der Waals surface area contributed by atoms with Crippen molar-refractivity contribution in [2.45, 2.75) is 31.9 Å². The van der Waals surface area contributed by atoms with Gasteiger partial charge in [0.25, 0.3) is 0 Å². The number of aromatic nitrogens is 2. The summed E-state index contributed by atoms with van der Waals surface area (Å²) in [5.41, 5.74) is -0.864. The van der Waals surface area contributed by atoms with E-state index in [1.165, 1.54) is 6.92 Å². The molecule has 2 aliphatic heterocycles. The number of carbonyl (C=O) groups is 2. The summed E-state index contributed by atoms with van der Waals surface area (Å²) >= 11 is 0. The van der Waals surface area contributed by atoms with E-state index in [-0.39, 0.29) is 29.5 Å². The van der Waals surface area contributed by atoms with E-state index in [4.69, 9.17) is 0 Å². The first-order chi connectivity index (χ1) is 11.3. The molecule has 3 heterocycles. The number of imidazole rings is 1. The Balaban J connectivity index is 1.61. The lowest BCUT2D eigenvalue weighted by Crippen LogP contribution is -2.57. The second kappa shape index (κ2) is 6.10. The van der Waals surface area contributed by atoms with E-state index in [0.29, 0.717) is 32.6 Å². The highest BCUT2D eigenvalue weighted by molar-refractivity contribution is 5.83. The van der Waals surface area contributed by atoms with Crippen molar-refractivity contribution >= 4 is 11.8 Å². The maximum Gasteiger partial charge on any atom is 0.432 e. The number of nitrogens with one attached hydrogen (secondary N) is 1. The number of alkyl halides is 3. The molecule has 132 valence electrons. The number of likely N-dealkylation sites (tertiary alicyclic amines) is 2. The molecule has 6 nitrogen and oxygen atoms in total. The number of hydrogen-bond donors (Lipinski definition) is 1. The van der Waals surface area contributed by atoms with E-state index in [9.17, 15) is 22.8 Å². The molecule has 1 aromatic heterocycles. The predicted octanol–water partition coefficient (Wildman–Crippen LogP) is 1.61. The van der Waals surface area contributed by atoms with Gasteiger partial charge in [0.15, 0.2) is 0 Å². The maximum absolute atomic E-state index is 12.7. The van der Waals surface area contributed by atoms with Crippen molar-refractivity contribution in [1.82, 2.24) is 19.8 Å². The molecule has 1 N–H and O–H groups in total. The van der Waals surface area contributed by atoms with E-state index >= 15 is 0 Å². The minimum Gasteiger partial charge on any atom is -0.342 e. The smallest absolute Gasteiger partial charge is 0.342 e. The van der Waals surface area contributed by atoms with Crippen molar-refractivity contribution in [1.29, 1.82) is 0 Å². The number of nitrogens with zero attached hydrogens (tertiary/aromatic N) is 3. The molecule has 2 saturated heterocycles. The molecule has 24 heavy (non-hydrogen) atoms. The molecule has 2 fully saturated rings. The van der Waals surface area contributed by atoms with Crippen molar-refractivity contribution in [3.8, 4) is 0 Å². The quantitative estimate of drug-likeness (QED) is 0.886. The second-order valence-corrected chi connectivity index (χ2v) is 6.42. The fourth-order valence-corrected chi connectivity index (χ4v) is 3.24. The predicted molar refractivity (Wildman–Crippen MR) is 77.9 cm³/mol. The molecule has 9 heteroatoms. The highest BCUT2D eigenvalue weighted by atomic mass is 19.4. The summed E-state index contributed by atoms with van der Waals surface area (Å²) in [6.45, 7) is 3.27. The number of amides is 2. The SMILES string of the molecule is CC(=O)N1CC(C(=O)N2CCCC(c3ncc(C(F)(F)F)[nH]3)C2)C1. The lowest BCUT2D eigenvalue weighted by molar-refractivity contribution is -0.148. The van der Waals surface area contributed by atoms with Crippen LogP contribution in [-0.2, 0) is 15.8 Å². The molecule has 0 radical (unpaired) electrons. The Labute approximate surface area is 137 Å². The third kappa shape index (κ3) is 3.25. The van der Waals surface area contributed by atoms with Crippen molar-refractivity contribution in [2.75, 3.05) is 26.2 Å². The number of H-pyrrole nitrogens is 1. The van der Waals surface area contributed by atoms with Crippen LogP contribution in [0.25, 0.3) is 0 Å². The summed E-state index contributed by atoms with van der Waals surface area (Å²) in [5, 5.41) is 0. The number of piperidine rings is 1. The van der Waals surface area contributed by atoms with Crippen molar-refractivity contribution < 1.29 is 22.8 Å². The van der Waals surface area contributed by atoms with Crippen LogP contribution < -0.4 is 0 Å². The van der Waals surface area contributed by atoms with Gasteiger partial charge in [0.2, 0.25) is 11.8 Å². The third-order valence-corrected chi connectivity index (χ3v) is 4.70. The Kier molecular flexibility index (Phi) is 4.27. The molecule has 1 unspecified atom stereocenters. The first-order valence-corrected chi connectivity index (χ1v) is 7.92. The molecule has 1 atom stereocenters. The van der Waals surface area contributed by atoms with Crippen LogP contribution in [0, 0.1) is 5.92 Å². The zero-order valence-electron chi connectivity index (χ0n) is 13.3. The topological polar surface area (TPSA) is 69.3 Å². The number of aromatic amines is 1. The Morgan fingerprint density at radius 3 is 2.54 bits per heavy atom. The van der Waals surface area contributed by atoms with Gasteiger partial charge < -0.3 is 14.8 Å². The normalized spacial score (nSPS) is 22.4. The van der Waals surface area contributed by atoms with E-state index < -0.39 is 11.9 Å². The number of halogens is 3. The molecule has 0 spiro atoms. The molecule has 2 amide bonds. The Bertz CT molecular complexity index is 637. The first-order valence-electron chi connectivity index (χ1n) is 7.92. The fourth-order valence-electron chi connectivity index (χ4n) is 3.24. The number of carbonyl (C=O) groups excluding carboxylic acids is 2. The van der Waals surface area contributed by atoms with Crippen molar-refractivity contribution in [3.63, 3.8) is 0 Å². The van der Waals surface area contributed by atoms with Gasteiger partial charge >= 0.3 is 6.18 Å². The standard InChI is InChI=1S/C15H19F3N4O2/c1-9(23)22-7-11(8-22)14(24)21-4-2-3-10(6-21)13-19-5-12(20-13)15(16,17)18/h5,10-11H,2-4,6-8H2,1H3,(H,19,20). The molecular weight excluding hydrogens is 325 g/mol. The van der Waals surface area contributed by atoms with Gasteiger partial charge in [0.1, 0.15) is 11.5 Å². The average Bonchev–Trinajstić information content (AvgIpc) is 2.95. The van der Waals surface area contributed by atoms with E-state index in [0.717, 1.165) is 12.6 Å². The van der Waals surface area contributed by atoms with E-state index in [1.807, 2.05) is 0 Å². The Hall–Kier alpha value is -2.06. The van der Waals surface area contributed by atoms with Crippen molar-refractivity contribution in [2.24, 2.45) is 5.92 Å². The zero-order valence-corrected chi connectivity index (χ0v) is 13.3. The van der Waals surface area contributed by atoms with Gasteiger partial charge in [-0.15, -0.1) is 0 Å². The largest absolute Gasteiger partial charge is 0.432 e. The summed E-state index contributed by atoms with van der Waals surface area (Å²) in [4.78, 5) is 33.1. The zero-order chi connectivity index (χ0) is 17.5. The molecule has 1 aromatic rings. The van der Waals surface area contributed by atoms with Crippen LogP contribution in [0.5, 0.6) is 0 Å². The van der Waals surface area contributed by atoms with Gasteiger partial charge in [-0.2, -0.15) is 13.2 Å². The summed E-state index contributed by atoms with van der Waals surface area (Å²) in [7, 11) is 0. The van der Waals surface area contributed by atoms with Crippen LogP contribution in [0.1, 0.15) is 37.2 Å². The number of hydrogen-bond acceptors (Lipinski definition) is 3. The summed E-state index contributed by atoms with van der Waals surface area (Å²) in [6.07, 6.45) is -2.23.